The predicted molar refractivity (Wildman–Crippen MR) is 63.5 cm³/mol. The average molecular weight is 284 g/mol. The van der Waals surface area contributed by atoms with E-state index >= 15 is 0 Å². The van der Waals surface area contributed by atoms with E-state index in [-0.39, 0.29) is 31.8 Å². The number of Topliss-reactive ketones (excluding diaryl/α,β-unsaturated/α-hetero) is 1. The Balaban J connectivity index is 2.54. The number of rotatable bonds is 2. The molecule has 0 spiro atoms. The summed E-state index contributed by atoms with van der Waals surface area (Å²) in [7, 11) is 0. The summed E-state index contributed by atoms with van der Waals surface area (Å²) in [6, 6.07) is 1.45. The third-order valence-electron chi connectivity index (χ3n) is 2.31. The monoisotopic (exact) mass is 282 g/mol. The minimum absolute atomic E-state index is 0.0384. The van der Waals surface area contributed by atoms with Crippen molar-refractivity contribution in [2.45, 2.75) is 12.8 Å². The van der Waals surface area contributed by atoms with Crippen molar-refractivity contribution in [1.82, 2.24) is 0 Å². The molecule has 0 heterocycles. The largest absolute Gasteiger partial charge is 0.294 e. The van der Waals surface area contributed by atoms with Gasteiger partial charge in [-0.15, -0.1) is 0 Å². The molecule has 0 unspecified atom stereocenters. The van der Waals surface area contributed by atoms with Gasteiger partial charge in [0.1, 0.15) is 0 Å². The van der Waals surface area contributed by atoms with Crippen LogP contribution < -0.4 is 0 Å². The fraction of sp³-hybridized carbons (Fsp3) is 0.300. The fourth-order valence-corrected chi connectivity index (χ4v) is 2.44. The van der Waals surface area contributed by atoms with Crippen LogP contribution in [0.1, 0.15) is 23.2 Å². The van der Waals surface area contributed by atoms with Gasteiger partial charge in [-0.05, 0) is 18.9 Å². The molecule has 0 aliphatic heterocycles. The van der Waals surface area contributed by atoms with Crippen LogP contribution in [-0.4, -0.2) is 5.78 Å². The average Bonchev–Trinajstić information content (AvgIpc) is 2.97. The third-order valence-corrected chi connectivity index (χ3v) is 3.87. The maximum atomic E-state index is 11.8. The van der Waals surface area contributed by atoms with Crippen LogP contribution in [0.5, 0.6) is 0 Å². The molecular weight excluding hydrogens is 278 g/mol. The van der Waals surface area contributed by atoms with E-state index < -0.39 is 0 Å². The first-order valence-electron chi connectivity index (χ1n) is 4.39. The second-order valence-corrected chi connectivity index (χ2v) is 5.05. The SMILES string of the molecule is O=C(c1c(Cl)cc(Cl)c(Cl)c1Cl)C1CC1. The number of hydrogen-bond acceptors (Lipinski definition) is 1. The van der Waals surface area contributed by atoms with Gasteiger partial charge in [0.05, 0.1) is 25.7 Å². The van der Waals surface area contributed by atoms with E-state index in [2.05, 4.69) is 0 Å². The molecule has 0 radical (unpaired) electrons. The van der Waals surface area contributed by atoms with E-state index in [9.17, 15) is 4.79 Å². The quantitative estimate of drug-likeness (QED) is 0.429. The molecule has 1 aromatic rings. The second kappa shape index (κ2) is 4.14. The van der Waals surface area contributed by atoms with Crippen LogP contribution >= 0.6 is 46.4 Å². The van der Waals surface area contributed by atoms with E-state index in [0.29, 0.717) is 5.56 Å². The van der Waals surface area contributed by atoms with E-state index in [1.165, 1.54) is 6.07 Å². The van der Waals surface area contributed by atoms with Gasteiger partial charge in [-0.3, -0.25) is 4.79 Å². The number of carbonyl (C=O) groups is 1. The van der Waals surface area contributed by atoms with Crippen LogP contribution in [0.3, 0.4) is 0 Å². The topological polar surface area (TPSA) is 17.1 Å². The van der Waals surface area contributed by atoms with Crippen LogP contribution in [0.25, 0.3) is 0 Å². The second-order valence-electron chi connectivity index (χ2n) is 3.48. The maximum absolute atomic E-state index is 11.8. The standard InChI is InChI=1S/C10H6Cl4O/c11-5-3-6(12)8(13)9(14)7(5)10(15)4-1-2-4/h3-4H,1-2H2. The Hall–Kier alpha value is 0.0500. The predicted octanol–water partition coefficient (Wildman–Crippen LogP) is 4.89. The van der Waals surface area contributed by atoms with Gasteiger partial charge in [0, 0.05) is 5.92 Å². The Bertz CT molecular complexity index is 438. The number of benzene rings is 1. The van der Waals surface area contributed by atoms with Crippen molar-refractivity contribution in [2.75, 3.05) is 0 Å². The molecule has 0 aromatic heterocycles. The van der Waals surface area contributed by atoms with Crippen molar-refractivity contribution in [3.05, 3.63) is 31.7 Å². The first-order valence-corrected chi connectivity index (χ1v) is 5.90. The maximum Gasteiger partial charge on any atom is 0.168 e. The molecule has 1 fully saturated rings. The van der Waals surface area contributed by atoms with E-state index in [1.807, 2.05) is 0 Å². The summed E-state index contributed by atoms with van der Waals surface area (Å²) in [5.74, 6) is 0.0146. The molecular formula is C10H6Cl4O. The lowest BCUT2D eigenvalue weighted by Gasteiger charge is -2.08. The molecule has 0 saturated heterocycles. The lowest BCUT2D eigenvalue weighted by molar-refractivity contribution is 0.0968. The van der Waals surface area contributed by atoms with Crippen molar-refractivity contribution in [1.29, 1.82) is 0 Å². The molecule has 15 heavy (non-hydrogen) atoms. The minimum atomic E-state index is -0.0384. The molecule has 0 amide bonds. The highest BCUT2D eigenvalue weighted by atomic mass is 35.5. The van der Waals surface area contributed by atoms with Crippen LogP contribution in [0.4, 0.5) is 0 Å². The van der Waals surface area contributed by atoms with Crippen molar-refractivity contribution in [3.8, 4) is 0 Å². The molecule has 1 aromatic carbocycles. The summed E-state index contributed by atoms with van der Waals surface area (Å²) in [6.07, 6.45) is 1.79. The summed E-state index contributed by atoms with van der Waals surface area (Å²) in [5, 5.41) is 0.878. The number of halogens is 4. The molecule has 1 aliphatic carbocycles. The Morgan fingerprint density at radius 3 is 2.20 bits per heavy atom. The number of hydrogen-bond donors (Lipinski definition) is 0. The molecule has 0 N–H and O–H groups in total. The molecule has 0 atom stereocenters. The Morgan fingerprint density at radius 2 is 1.67 bits per heavy atom. The summed E-state index contributed by atoms with van der Waals surface area (Å²) in [6.45, 7) is 0. The van der Waals surface area contributed by atoms with Crippen molar-refractivity contribution in [2.24, 2.45) is 5.92 Å². The van der Waals surface area contributed by atoms with E-state index in [1.54, 1.807) is 0 Å². The summed E-state index contributed by atoms with van der Waals surface area (Å²) in [5.41, 5.74) is 0.301. The Morgan fingerprint density at radius 1 is 1.07 bits per heavy atom. The van der Waals surface area contributed by atoms with Crippen molar-refractivity contribution < 1.29 is 4.79 Å². The molecule has 2 rings (SSSR count). The zero-order valence-electron chi connectivity index (χ0n) is 7.49. The number of ketones is 1. The van der Waals surface area contributed by atoms with Gasteiger partial charge in [-0.2, -0.15) is 0 Å². The third kappa shape index (κ3) is 2.12. The highest BCUT2D eigenvalue weighted by Gasteiger charge is 2.33. The van der Waals surface area contributed by atoms with Crippen molar-refractivity contribution in [3.63, 3.8) is 0 Å². The van der Waals surface area contributed by atoms with Gasteiger partial charge in [-0.1, -0.05) is 46.4 Å². The molecule has 5 heteroatoms. The van der Waals surface area contributed by atoms with Gasteiger partial charge >= 0.3 is 0 Å². The van der Waals surface area contributed by atoms with Gasteiger partial charge in [-0.25, -0.2) is 0 Å². The lowest BCUT2D eigenvalue weighted by Crippen LogP contribution is -2.03. The van der Waals surface area contributed by atoms with Crippen LogP contribution in [-0.2, 0) is 0 Å². The molecule has 0 bridgehead atoms. The van der Waals surface area contributed by atoms with Crippen LogP contribution in [0, 0.1) is 5.92 Å². The first kappa shape index (κ1) is 11.5. The van der Waals surface area contributed by atoms with Gasteiger partial charge in [0.2, 0.25) is 0 Å². The first-order chi connectivity index (χ1) is 7.02. The van der Waals surface area contributed by atoms with Gasteiger partial charge < -0.3 is 0 Å². The Kier molecular flexibility index (Phi) is 3.18. The summed E-state index contributed by atoms with van der Waals surface area (Å²) < 4.78 is 0. The normalized spacial score (nSPS) is 15.5. The molecule has 1 saturated carbocycles. The highest BCUT2D eigenvalue weighted by molar-refractivity contribution is 6.51. The number of carbonyl (C=O) groups excluding carboxylic acids is 1. The lowest BCUT2D eigenvalue weighted by atomic mass is 10.1. The van der Waals surface area contributed by atoms with Crippen LogP contribution in [0.15, 0.2) is 6.07 Å². The van der Waals surface area contributed by atoms with Crippen molar-refractivity contribution >= 4 is 52.2 Å². The zero-order valence-corrected chi connectivity index (χ0v) is 10.5. The smallest absolute Gasteiger partial charge is 0.168 e. The molecule has 1 aliphatic rings. The summed E-state index contributed by atoms with van der Waals surface area (Å²) >= 11 is 23.5. The van der Waals surface area contributed by atoms with Gasteiger partial charge in [0.15, 0.2) is 5.78 Å². The van der Waals surface area contributed by atoms with Crippen LogP contribution in [0.2, 0.25) is 20.1 Å². The Labute approximate surface area is 107 Å². The fourth-order valence-electron chi connectivity index (χ4n) is 1.34. The van der Waals surface area contributed by atoms with Gasteiger partial charge in [0.25, 0.3) is 0 Å². The zero-order chi connectivity index (χ0) is 11.2. The molecule has 80 valence electrons. The highest BCUT2D eigenvalue weighted by Crippen LogP contribution is 2.42. The minimum Gasteiger partial charge on any atom is -0.294 e. The van der Waals surface area contributed by atoms with E-state index in [4.69, 9.17) is 46.4 Å². The molecule has 1 nitrogen and oxygen atoms in total. The van der Waals surface area contributed by atoms with E-state index in [0.717, 1.165) is 12.8 Å². The summed E-state index contributed by atoms with van der Waals surface area (Å²) in [4.78, 5) is 11.8.